The second kappa shape index (κ2) is 4.66. The van der Waals surface area contributed by atoms with Gasteiger partial charge in [0.2, 0.25) is 10.0 Å². The van der Waals surface area contributed by atoms with E-state index < -0.39 is 10.0 Å². The van der Waals surface area contributed by atoms with Crippen LogP contribution in [0.1, 0.15) is 11.1 Å². The van der Waals surface area contributed by atoms with E-state index in [1.165, 1.54) is 4.31 Å². The fourth-order valence-electron chi connectivity index (χ4n) is 2.01. The molecule has 1 heterocycles. The quantitative estimate of drug-likeness (QED) is 0.815. The van der Waals surface area contributed by atoms with Crippen molar-refractivity contribution in [3.05, 3.63) is 29.3 Å². The average molecular weight is 254 g/mol. The summed E-state index contributed by atoms with van der Waals surface area (Å²) in [6.45, 7) is 5.66. The number of sulfonamides is 1. The first kappa shape index (κ1) is 12.4. The van der Waals surface area contributed by atoms with Crippen LogP contribution < -0.4 is 9.62 Å². The second-order valence-corrected chi connectivity index (χ2v) is 6.44. The molecule has 4 nitrogen and oxygen atoms in total. The normalized spacial score (nSPS) is 20.0. The third kappa shape index (κ3) is 2.61. The number of anilines is 1. The Bertz CT molecular complexity index is 511. The van der Waals surface area contributed by atoms with Gasteiger partial charge in [-0.15, -0.1) is 0 Å². The molecule has 2 rings (SSSR count). The molecule has 0 spiro atoms. The van der Waals surface area contributed by atoms with Crippen LogP contribution in [0.25, 0.3) is 0 Å². The largest absolute Gasteiger partial charge is 0.314 e. The summed E-state index contributed by atoms with van der Waals surface area (Å²) >= 11 is 0. The van der Waals surface area contributed by atoms with Crippen molar-refractivity contribution < 1.29 is 8.42 Å². The van der Waals surface area contributed by atoms with E-state index in [0.29, 0.717) is 19.6 Å². The first-order valence-corrected chi connectivity index (χ1v) is 7.40. The predicted octanol–water partition coefficient (Wildman–Crippen LogP) is 1.04. The monoisotopic (exact) mass is 254 g/mol. The lowest BCUT2D eigenvalue weighted by molar-refractivity contribution is 0.593. The van der Waals surface area contributed by atoms with Crippen molar-refractivity contribution in [2.45, 2.75) is 13.8 Å². The summed E-state index contributed by atoms with van der Waals surface area (Å²) in [6, 6.07) is 5.91. The van der Waals surface area contributed by atoms with Crippen LogP contribution in [-0.4, -0.2) is 33.8 Å². The number of hydrogen-bond acceptors (Lipinski definition) is 3. The highest BCUT2D eigenvalue weighted by Crippen LogP contribution is 2.24. The number of nitrogens with one attached hydrogen (secondary N) is 1. The maximum Gasteiger partial charge on any atom is 0.236 e. The van der Waals surface area contributed by atoms with E-state index in [0.717, 1.165) is 16.8 Å². The molecule has 1 aromatic rings. The van der Waals surface area contributed by atoms with Crippen molar-refractivity contribution in [3.63, 3.8) is 0 Å². The fraction of sp³-hybridized carbons (Fsp3) is 0.500. The lowest BCUT2D eigenvalue weighted by Crippen LogP contribution is -2.34. The van der Waals surface area contributed by atoms with Crippen molar-refractivity contribution in [2.24, 2.45) is 0 Å². The van der Waals surface area contributed by atoms with Crippen molar-refractivity contribution in [3.8, 4) is 0 Å². The van der Waals surface area contributed by atoms with E-state index in [4.69, 9.17) is 0 Å². The van der Waals surface area contributed by atoms with Crippen molar-refractivity contribution >= 4 is 15.7 Å². The van der Waals surface area contributed by atoms with Gasteiger partial charge in [0.15, 0.2) is 0 Å². The molecule has 0 aromatic heterocycles. The Hall–Kier alpha value is -1.07. The van der Waals surface area contributed by atoms with E-state index in [1.54, 1.807) is 0 Å². The Balaban J connectivity index is 2.46. The zero-order valence-corrected chi connectivity index (χ0v) is 11.0. The highest BCUT2D eigenvalue weighted by Gasteiger charge is 2.25. The van der Waals surface area contributed by atoms with Crippen LogP contribution in [-0.2, 0) is 10.0 Å². The van der Waals surface area contributed by atoms with Gasteiger partial charge in [0, 0.05) is 19.6 Å². The van der Waals surface area contributed by atoms with Crippen LogP contribution in [0.15, 0.2) is 18.2 Å². The summed E-state index contributed by atoms with van der Waals surface area (Å²) in [5.41, 5.74) is 2.90. The van der Waals surface area contributed by atoms with Gasteiger partial charge in [-0.1, -0.05) is 12.1 Å². The zero-order valence-electron chi connectivity index (χ0n) is 10.2. The third-order valence-corrected chi connectivity index (χ3v) is 4.77. The minimum atomic E-state index is -3.18. The molecule has 1 saturated heterocycles. The molecule has 0 atom stereocenters. The van der Waals surface area contributed by atoms with Gasteiger partial charge in [0.25, 0.3) is 0 Å². The van der Waals surface area contributed by atoms with Crippen LogP contribution in [0.4, 0.5) is 5.69 Å². The molecule has 0 radical (unpaired) electrons. The van der Waals surface area contributed by atoms with Gasteiger partial charge < -0.3 is 5.32 Å². The summed E-state index contributed by atoms with van der Waals surface area (Å²) in [5, 5.41) is 3.12. The maximum absolute atomic E-state index is 12.2. The Labute approximate surface area is 103 Å². The molecule has 1 aliphatic heterocycles. The van der Waals surface area contributed by atoms with Gasteiger partial charge in [-0.3, -0.25) is 4.31 Å². The SMILES string of the molecule is Cc1ccc(C)c(N2CCNCCS2(=O)=O)c1. The van der Waals surface area contributed by atoms with E-state index in [-0.39, 0.29) is 5.75 Å². The summed E-state index contributed by atoms with van der Waals surface area (Å²) in [6.07, 6.45) is 0. The summed E-state index contributed by atoms with van der Waals surface area (Å²) < 4.78 is 25.8. The van der Waals surface area contributed by atoms with Gasteiger partial charge in [0.1, 0.15) is 0 Å². The molecule has 1 N–H and O–H groups in total. The van der Waals surface area contributed by atoms with Gasteiger partial charge >= 0.3 is 0 Å². The second-order valence-electron chi connectivity index (χ2n) is 4.43. The molecule has 94 valence electrons. The molecule has 0 unspecified atom stereocenters. The first-order valence-electron chi connectivity index (χ1n) is 5.79. The van der Waals surface area contributed by atoms with Crippen LogP contribution in [0.2, 0.25) is 0 Å². The zero-order chi connectivity index (χ0) is 12.5. The molecular weight excluding hydrogens is 236 g/mol. The first-order chi connectivity index (χ1) is 8.00. The molecule has 5 heteroatoms. The number of aryl methyl sites for hydroxylation is 2. The highest BCUT2D eigenvalue weighted by atomic mass is 32.2. The van der Waals surface area contributed by atoms with Gasteiger partial charge in [-0.25, -0.2) is 8.42 Å². The molecule has 1 fully saturated rings. The molecule has 1 aliphatic rings. The summed E-state index contributed by atoms with van der Waals surface area (Å²) in [7, 11) is -3.18. The Morgan fingerprint density at radius 3 is 2.76 bits per heavy atom. The average Bonchev–Trinajstić information content (AvgIpc) is 2.43. The number of hydrogen-bond donors (Lipinski definition) is 1. The Morgan fingerprint density at radius 2 is 2.00 bits per heavy atom. The topological polar surface area (TPSA) is 49.4 Å². The standard InChI is InChI=1S/C12H18N2O2S/c1-10-3-4-11(2)12(9-10)14-7-5-13-6-8-17(14,15)16/h3-4,9,13H,5-8H2,1-2H3. The summed E-state index contributed by atoms with van der Waals surface area (Å²) in [4.78, 5) is 0. The number of rotatable bonds is 1. The van der Waals surface area contributed by atoms with Crippen molar-refractivity contribution in [2.75, 3.05) is 29.7 Å². The van der Waals surface area contributed by atoms with Crippen LogP contribution in [0, 0.1) is 13.8 Å². The molecule has 0 amide bonds. The smallest absolute Gasteiger partial charge is 0.236 e. The maximum atomic E-state index is 12.2. The lowest BCUT2D eigenvalue weighted by atomic mass is 10.1. The van der Waals surface area contributed by atoms with Gasteiger partial charge in [-0.2, -0.15) is 0 Å². The van der Waals surface area contributed by atoms with E-state index in [2.05, 4.69) is 5.32 Å². The molecule has 0 saturated carbocycles. The molecule has 1 aromatic carbocycles. The molecule has 0 aliphatic carbocycles. The number of nitrogens with zero attached hydrogens (tertiary/aromatic N) is 1. The number of benzene rings is 1. The Kier molecular flexibility index (Phi) is 3.40. The minimum absolute atomic E-state index is 0.167. The summed E-state index contributed by atoms with van der Waals surface area (Å²) in [5.74, 6) is 0.167. The van der Waals surface area contributed by atoms with E-state index in [9.17, 15) is 8.42 Å². The lowest BCUT2D eigenvalue weighted by Gasteiger charge is -2.24. The van der Waals surface area contributed by atoms with E-state index >= 15 is 0 Å². The highest BCUT2D eigenvalue weighted by molar-refractivity contribution is 7.92. The van der Waals surface area contributed by atoms with E-state index in [1.807, 2.05) is 32.0 Å². The van der Waals surface area contributed by atoms with Gasteiger partial charge in [0.05, 0.1) is 11.4 Å². The van der Waals surface area contributed by atoms with Crippen LogP contribution in [0.3, 0.4) is 0 Å². The third-order valence-electron chi connectivity index (χ3n) is 3.00. The molecule has 17 heavy (non-hydrogen) atoms. The van der Waals surface area contributed by atoms with Crippen LogP contribution >= 0.6 is 0 Å². The molecule has 0 bridgehead atoms. The predicted molar refractivity (Wildman–Crippen MR) is 69.9 cm³/mol. The molecular formula is C12H18N2O2S. The van der Waals surface area contributed by atoms with Crippen molar-refractivity contribution in [1.82, 2.24) is 5.32 Å². The Morgan fingerprint density at radius 1 is 1.24 bits per heavy atom. The minimum Gasteiger partial charge on any atom is -0.314 e. The van der Waals surface area contributed by atoms with Gasteiger partial charge in [-0.05, 0) is 31.0 Å². The van der Waals surface area contributed by atoms with Crippen molar-refractivity contribution in [1.29, 1.82) is 0 Å². The fourth-order valence-corrected chi connectivity index (χ4v) is 3.50. The van der Waals surface area contributed by atoms with Crippen LogP contribution in [0.5, 0.6) is 0 Å².